The molecule has 5 nitrogen and oxygen atoms in total. The van der Waals surface area contributed by atoms with Crippen LogP contribution in [0.25, 0.3) is 0 Å². The van der Waals surface area contributed by atoms with Gasteiger partial charge in [0.25, 0.3) is 0 Å². The minimum Gasteiger partial charge on any atom is -0.457 e. The van der Waals surface area contributed by atoms with Crippen molar-refractivity contribution in [1.82, 2.24) is 0 Å². The lowest BCUT2D eigenvalue weighted by Gasteiger charge is -2.29. The summed E-state index contributed by atoms with van der Waals surface area (Å²) >= 11 is 0. The summed E-state index contributed by atoms with van der Waals surface area (Å²) in [6, 6.07) is 0. The van der Waals surface area contributed by atoms with Gasteiger partial charge in [0.1, 0.15) is 12.2 Å². The lowest BCUT2D eigenvalue weighted by molar-refractivity contribution is -0.171. The molecule has 5 heteroatoms. The van der Waals surface area contributed by atoms with E-state index in [1.807, 2.05) is 13.8 Å². The van der Waals surface area contributed by atoms with Gasteiger partial charge in [-0.1, -0.05) is 0 Å². The van der Waals surface area contributed by atoms with E-state index in [-0.39, 0.29) is 24.7 Å². The van der Waals surface area contributed by atoms with Crippen LogP contribution >= 0.6 is 0 Å². The molecule has 0 radical (unpaired) electrons. The Labute approximate surface area is 87.3 Å². The Hall–Kier alpha value is -0.650. The zero-order valence-electron chi connectivity index (χ0n) is 8.73. The number of rotatable bonds is 0. The molecule has 0 aromatic carbocycles. The van der Waals surface area contributed by atoms with Crippen molar-refractivity contribution in [3.8, 4) is 0 Å². The van der Waals surface area contributed by atoms with Gasteiger partial charge in [0.15, 0.2) is 11.4 Å². The van der Waals surface area contributed by atoms with E-state index >= 15 is 0 Å². The smallest absolute Gasteiger partial charge is 0.338 e. The van der Waals surface area contributed by atoms with Crippen molar-refractivity contribution < 1.29 is 24.1 Å². The molecule has 2 aliphatic heterocycles. The van der Waals surface area contributed by atoms with Crippen LogP contribution in [0.3, 0.4) is 0 Å². The minimum absolute atomic E-state index is 0.230. The van der Waals surface area contributed by atoms with Crippen LogP contribution in [0, 0.1) is 0 Å². The molecule has 0 aromatic heterocycles. The highest BCUT2D eigenvalue weighted by molar-refractivity contribution is 5.82. The van der Waals surface area contributed by atoms with Crippen LogP contribution in [0.4, 0.5) is 0 Å². The average Bonchev–Trinajstić information content (AvgIpc) is 2.50. The summed E-state index contributed by atoms with van der Waals surface area (Å²) in [5.41, 5.74) is -1.35. The van der Waals surface area contributed by atoms with Gasteiger partial charge in [-0.25, -0.2) is 4.79 Å². The van der Waals surface area contributed by atoms with Gasteiger partial charge in [-0.15, -0.1) is 0 Å². The standard InChI is InChI=1S/C10H14O5/c1-9(2)14-6-4-10(12)3-5(7(6)15-9)13-8(10)11/h5-7,12H,3-4H2,1-2H3/t5-,6-,7-,10+/m1/s1. The Morgan fingerprint density at radius 3 is 2.67 bits per heavy atom. The molecule has 1 N–H and O–H groups in total. The molecule has 0 aromatic rings. The summed E-state index contributed by atoms with van der Waals surface area (Å²) in [6.45, 7) is 3.65. The second kappa shape index (κ2) is 2.53. The lowest BCUT2D eigenvalue weighted by Crippen LogP contribution is -2.47. The summed E-state index contributed by atoms with van der Waals surface area (Å²) in [7, 11) is 0. The molecule has 15 heavy (non-hydrogen) atoms. The number of fused-ring (bicyclic) bond motifs is 4. The first kappa shape index (κ1) is 9.57. The fourth-order valence-electron chi connectivity index (χ4n) is 2.72. The summed E-state index contributed by atoms with van der Waals surface area (Å²) in [5.74, 6) is -1.19. The second-order valence-electron chi connectivity index (χ2n) is 5.02. The molecule has 0 unspecified atom stereocenters. The molecule has 3 rings (SSSR count). The van der Waals surface area contributed by atoms with E-state index in [9.17, 15) is 9.90 Å². The maximum absolute atomic E-state index is 11.4. The van der Waals surface area contributed by atoms with Crippen LogP contribution in [0.1, 0.15) is 26.7 Å². The van der Waals surface area contributed by atoms with Gasteiger partial charge in [0.2, 0.25) is 0 Å². The van der Waals surface area contributed by atoms with Gasteiger partial charge in [-0.05, 0) is 13.8 Å². The Morgan fingerprint density at radius 2 is 1.93 bits per heavy atom. The van der Waals surface area contributed by atoms with E-state index in [0.29, 0.717) is 6.42 Å². The fourth-order valence-corrected chi connectivity index (χ4v) is 2.72. The van der Waals surface area contributed by atoms with Gasteiger partial charge >= 0.3 is 5.97 Å². The Kier molecular flexibility index (Phi) is 1.62. The molecule has 3 fully saturated rings. The second-order valence-corrected chi connectivity index (χ2v) is 5.02. The average molecular weight is 214 g/mol. The predicted octanol–water partition coefficient (Wildman–Crippen LogP) is -0.0432. The van der Waals surface area contributed by atoms with Crippen LogP contribution in [-0.4, -0.2) is 40.8 Å². The van der Waals surface area contributed by atoms with Gasteiger partial charge < -0.3 is 19.3 Å². The molecule has 84 valence electrons. The minimum atomic E-state index is -1.35. The van der Waals surface area contributed by atoms with Crippen LogP contribution in [0.2, 0.25) is 0 Å². The van der Waals surface area contributed by atoms with E-state index < -0.39 is 17.4 Å². The van der Waals surface area contributed by atoms with Crippen molar-refractivity contribution in [1.29, 1.82) is 0 Å². The highest BCUT2D eigenvalue weighted by Gasteiger charge is 2.62. The molecule has 1 saturated carbocycles. The Bertz CT molecular complexity index is 326. The first-order valence-electron chi connectivity index (χ1n) is 5.19. The zero-order chi connectivity index (χ0) is 10.8. The first-order valence-corrected chi connectivity index (χ1v) is 5.19. The van der Waals surface area contributed by atoms with Crippen molar-refractivity contribution >= 4 is 5.97 Å². The number of ether oxygens (including phenoxy) is 3. The van der Waals surface area contributed by atoms with E-state index in [4.69, 9.17) is 14.2 Å². The van der Waals surface area contributed by atoms with Crippen LogP contribution < -0.4 is 0 Å². The number of carbonyl (C=O) groups is 1. The number of hydrogen-bond acceptors (Lipinski definition) is 5. The van der Waals surface area contributed by atoms with Crippen LogP contribution in [-0.2, 0) is 19.0 Å². The quantitative estimate of drug-likeness (QED) is 0.573. The van der Waals surface area contributed by atoms with Crippen molar-refractivity contribution in [2.75, 3.05) is 0 Å². The van der Waals surface area contributed by atoms with E-state index in [2.05, 4.69) is 0 Å². The van der Waals surface area contributed by atoms with Crippen molar-refractivity contribution in [2.24, 2.45) is 0 Å². The monoisotopic (exact) mass is 214 g/mol. The van der Waals surface area contributed by atoms with E-state index in [1.165, 1.54) is 0 Å². The van der Waals surface area contributed by atoms with E-state index in [1.54, 1.807) is 0 Å². The van der Waals surface area contributed by atoms with Crippen molar-refractivity contribution in [3.05, 3.63) is 0 Å². The molecule has 2 heterocycles. The largest absolute Gasteiger partial charge is 0.457 e. The number of aliphatic hydroxyl groups is 1. The third-order valence-electron chi connectivity index (χ3n) is 3.30. The highest BCUT2D eigenvalue weighted by atomic mass is 16.8. The molecule has 1 aliphatic carbocycles. The topological polar surface area (TPSA) is 65.0 Å². The van der Waals surface area contributed by atoms with Crippen molar-refractivity contribution in [2.45, 2.75) is 56.4 Å². The first-order chi connectivity index (χ1) is 6.90. The molecule has 2 saturated heterocycles. The third-order valence-corrected chi connectivity index (χ3v) is 3.30. The predicted molar refractivity (Wildman–Crippen MR) is 47.9 cm³/mol. The van der Waals surface area contributed by atoms with Gasteiger partial charge in [0.05, 0.1) is 6.10 Å². The summed E-state index contributed by atoms with van der Waals surface area (Å²) in [6.07, 6.45) is -0.229. The molecule has 0 amide bonds. The van der Waals surface area contributed by atoms with Crippen LogP contribution in [0.15, 0.2) is 0 Å². The molecular weight excluding hydrogens is 200 g/mol. The third kappa shape index (κ3) is 1.23. The molecular formula is C10H14O5. The summed E-state index contributed by atoms with van der Waals surface area (Å²) in [4.78, 5) is 11.4. The molecule has 0 spiro atoms. The maximum atomic E-state index is 11.4. The maximum Gasteiger partial charge on any atom is 0.338 e. The Morgan fingerprint density at radius 1 is 1.27 bits per heavy atom. The van der Waals surface area contributed by atoms with Gasteiger partial charge in [-0.3, -0.25) is 0 Å². The fraction of sp³-hybridized carbons (Fsp3) is 0.900. The highest BCUT2D eigenvalue weighted by Crippen LogP contribution is 2.46. The summed E-state index contributed by atoms with van der Waals surface area (Å²) < 4.78 is 16.4. The Balaban J connectivity index is 1.90. The molecule has 2 bridgehead atoms. The number of esters is 1. The SMILES string of the molecule is CC1(C)O[C@@H]2[C@H]3C[C@](O)(C[C@H]2O1)C(=O)O3. The summed E-state index contributed by atoms with van der Waals surface area (Å²) in [5, 5.41) is 10.00. The van der Waals surface area contributed by atoms with Crippen LogP contribution in [0.5, 0.6) is 0 Å². The van der Waals surface area contributed by atoms with E-state index in [0.717, 1.165) is 0 Å². The van der Waals surface area contributed by atoms with Gasteiger partial charge in [0, 0.05) is 12.8 Å². The van der Waals surface area contributed by atoms with Gasteiger partial charge in [-0.2, -0.15) is 0 Å². The molecule has 4 atom stereocenters. The lowest BCUT2D eigenvalue weighted by atomic mass is 9.82. The normalized spacial score (nSPS) is 51.4. The molecule has 3 aliphatic rings. The number of hydrogen-bond donors (Lipinski definition) is 1. The van der Waals surface area contributed by atoms with Crippen molar-refractivity contribution in [3.63, 3.8) is 0 Å². The number of carbonyl (C=O) groups excluding carboxylic acids is 1. The zero-order valence-corrected chi connectivity index (χ0v) is 8.73.